The molecule has 1 N–H and O–H groups in total. The third-order valence-electron chi connectivity index (χ3n) is 7.31. The molecule has 224 valence electrons. The van der Waals surface area contributed by atoms with E-state index in [1.807, 2.05) is 6.07 Å². The third kappa shape index (κ3) is 7.43. The van der Waals surface area contributed by atoms with Gasteiger partial charge in [0.15, 0.2) is 0 Å². The van der Waals surface area contributed by atoms with Gasteiger partial charge in [-0.15, -0.1) is 0 Å². The van der Waals surface area contributed by atoms with Gasteiger partial charge in [-0.25, -0.2) is 4.79 Å². The lowest BCUT2D eigenvalue weighted by molar-refractivity contribution is 0.125. The van der Waals surface area contributed by atoms with E-state index < -0.39 is 44.2 Å². The normalized spacial score (nSPS) is 15.3. The van der Waals surface area contributed by atoms with Gasteiger partial charge >= 0.3 is 5.69 Å². The van der Waals surface area contributed by atoms with Gasteiger partial charge in [-0.1, -0.05) is 54.7 Å². The van der Waals surface area contributed by atoms with Crippen molar-refractivity contribution in [3.05, 3.63) is 91.8 Å². The molecule has 42 heavy (non-hydrogen) atoms. The zero-order valence-corrected chi connectivity index (χ0v) is 25.0. The summed E-state index contributed by atoms with van der Waals surface area (Å²) in [6.07, 6.45) is 2.74. The molecule has 13 heteroatoms. The van der Waals surface area contributed by atoms with Crippen LogP contribution in [0.4, 0.5) is 0 Å². The molecule has 0 spiro atoms. The Kier molecular flexibility index (Phi) is 9.83. The number of nitrogens with one attached hydrogen (secondary N) is 1. The molecular formula is C29H33N3O8S2. The largest absolute Gasteiger partial charge is 0.328 e. The van der Waals surface area contributed by atoms with E-state index in [0.717, 1.165) is 47.8 Å². The van der Waals surface area contributed by atoms with Crippen LogP contribution in [0.25, 0.3) is 0 Å². The molecule has 11 nitrogen and oxygen atoms in total. The molecule has 0 bridgehead atoms. The number of hydrogen-bond acceptors (Lipinski definition) is 9. The second-order valence-electron chi connectivity index (χ2n) is 10.4. The minimum absolute atomic E-state index is 0.0976. The van der Waals surface area contributed by atoms with Gasteiger partial charge in [0.05, 0.1) is 16.4 Å². The minimum Gasteiger partial charge on any atom is -0.309 e. The van der Waals surface area contributed by atoms with Crippen molar-refractivity contribution < 1.29 is 25.2 Å². The molecule has 1 aliphatic rings. The van der Waals surface area contributed by atoms with E-state index >= 15 is 0 Å². The molecule has 0 saturated heterocycles. The summed E-state index contributed by atoms with van der Waals surface area (Å²) < 4.78 is 63.0. The van der Waals surface area contributed by atoms with Crippen molar-refractivity contribution >= 4 is 20.2 Å². The molecule has 2 aromatic carbocycles. The molecule has 3 aromatic rings. The highest BCUT2D eigenvalue weighted by molar-refractivity contribution is 7.87. The van der Waals surface area contributed by atoms with Crippen LogP contribution in [0.5, 0.6) is 0 Å². The highest BCUT2D eigenvalue weighted by Gasteiger charge is 2.27. The fourth-order valence-corrected chi connectivity index (χ4v) is 6.93. The van der Waals surface area contributed by atoms with Gasteiger partial charge in [-0.05, 0) is 57.4 Å². The highest BCUT2D eigenvalue weighted by Crippen LogP contribution is 2.32. The number of benzene rings is 2. The van der Waals surface area contributed by atoms with Crippen LogP contribution in [0, 0.1) is 25.2 Å². The Labute approximate surface area is 245 Å². The van der Waals surface area contributed by atoms with Gasteiger partial charge in [-0.3, -0.25) is 17.7 Å². The molecule has 4 rings (SSSR count). The van der Waals surface area contributed by atoms with Crippen molar-refractivity contribution in [2.45, 2.75) is 80.7 Å². The van der Waals surface area contributed by atoms with E-state index in [1.165, 1.54) is 24.3 Å². The van der Waals surface area contributed by atoms with E-state index in [1.54, 1.807) is 38.1 Å². The Morgan fingerprint density at radius 2 is 1.45 bits per heavy atom. The first-order valence-electron chi connectivity index (χ1n) is 13.6. The zero-order valence-electron chi connectivity index (χ0n) is 23.4. The van der Waals surface area contributed by atoms with Crippen molar-refractivity contribution in [1.82, 2.24) is 9.55 Å². The summed E-state index contributed by atoms with van der Waals surface area (Å²) in [6, 6.07) is 13.7. The molecule has 1 atom stereocenters. The van der Waals surface area contributed by atoms with Crippen LogP contribution in [-0.4, -0.2) is 39.1 Å². The van der Waals surface area contributed by atoms with Crippen LogP contribution in [0.1, 0.15) is 66.8 Å². The van der Waals surface area contributed by atoms with Crippen LogP contribution >= 0.6 is 0 Å². The van der Waals surface area contributed by atoms with Crippen molar-refractivity contribution in [2.75, 3.05) is 6.61 Å². The van der Waals surface area contributed by atoms with E-state index in [4.69, 9.17) is 8.37 Å². The molecule has 0 amide bonds. The lowest BCUT2D eigenvalue weighted by Crippen LogP contribution is -2.40. The summed E-state index contributed by atoms with van der Waals surface area (Å²) in [5.41, 5.74) is 0.279. The number of rotatable bonds is 11. The Balaban J connectivity index is 1.60. The summed E-state index contributed by atoms with van der Waals surface area (Å²) in [4.78, 5) is 28.6. The first-order valence-corrected chi connectivity index (χ1v) is 16.5. The van der Waals surface area contributed by atoms with Gasteiger partial charge < -0.3 is 4.98 Å². The maximum atomic E-state index is 13.2. The molecule has 1 aromatic heterocycles. The van der Waals surface area contributed by atoms with Crippen LogP contribution in [0.15, 0.2) is 67.9 Å². The predicted molar refractivity (Wildman–Crippen MR) is 154 cm³/mol. The summed E-state index contributed by atoms with van der Waals surface area (Å²) in [5, 5.41) is 9.74. The smallest absolute Gasteiger partial charge is 0.309 e. The zero-order chi connectivity index (χ0) is 30.5. The summed E-state index contributed by atoms with van der Waals surface area (Å²) in [5.74, 6) is -0.0976. The Morgan fingerprint density at radius 1 is 0.905 bits per heavy atom. The van der Waals surface area contributed by atoms with Crippen molar-refractivity contribution in [2.24, 2.45) is 0 Å². The second kappa shape index (κ2) is 13.2. The van der Waals surface area contributed by atoms with Crippen LogP contribution < -0.4 is 11.2 Å². The van der Waals surface area contributed by atoms with Crippen LogP contribution in [0.2, 0.25) is 0 Å². The van der Waals surface area contributed by atoms with Gasteiger partial charge in [-0.2, -0.15) is 22.1 Å². The molecule has 1 heterocycles. The molecule has 0 aliphatic heterocycles. The van der Waals surface area contributed by atoms with Crippen molar-refractivity contribution in [3.8, 4) is 6.07 Å². The van der Waals surface area contributed by atoms with E-state index in [2.05, 4.69) is 4.98 Å². The lowest BCUT2D eigenvalue weighted by atomic mass is 9.85. The first-order chi connectivity index (χ1) is 19.9. The molecule has 0 radical (unpaired) electrons. The lowest BCUT2D eigenvalue weighted by Gasteiger charge is -2.23. The molecule has 1 saturated carbocycles. The Hall–Kier alpha value is -3.57. The topological polar surface area (TPSA) is 165 Å². The fraction of sp³-hybridized carbons (Fsp3) is 0.414. The number of aromatic nitrogens is 2. The Morgan fingerprint density at radius 3 is 2.00 bits per heavy atom. The second-order valence-corrected chi connectivity index (χ2v) is 13.6. The molecular weight excluding hydrogens is 582 g/mol. The average molecular weight is 616 g/mol. The van der Waals surface area contributed by atoms with Crippen LogP contribution in [-0.2, 0) is 35.1 Å². The highest BCUT2D eigenvalue weighted by atomic mass is 32.2. The quantitative estimate of drug-likeness (QED) is 0.317. The fourth-order valence-electron chi connectivity index (χ4n) is 4.91. The third-order valence-corrected chi connectivity index (χ3v) is 9.98. The number of aryl methyl sites for hydroxylation is 2. The summed E-state index contributed by atoms with van der Waals surface area (Å²) in [7, 11) is -8.65. The standard InChI is InChI=1S/C29H33N3O8S2/c1-20-8-12-24(13-9-20)41(35,36)39-19-23(40-42(37,38)25-14-10-21(2)11-15-25)16-17-32-28(33)26(18-30)27(31-29(32)34)22-6-4-3-5-7-22/h8-15,22-23H,3-7,16-17,19H2,1-2H3,(H,31,34)/t23-/m0/s1. The van der Waals surface area contributed by atoms with Crippen molar-refractivity contribution in [1.29, 1.82) is 5.26 Å². The number of hydrogen-bond donors (Lipinski definition) is 1. The summed E-state index contributed by atoms with van der Waals surface area (Å²) in [6.45, 7) is 2.52. The van der Waals surface area contributed by atoms with E-state index in [9.17, 15) is 31.7 Å². The van der Waals surface area contributed by atoms with Gasteiger partial charge in [0.25, 0.3) is 25.8 Å². The van der Waals surface area contributed by atoms with Crippen LogP contribution in [0.3, 0.4) is 0 Å². The maximum absolute atomic E-state index is 13.2. The number of aromatic amines is 1. The molecule has 1 fully saturated rings. The number of nitriles is 1. The van der Waals surface area contributed by atoms with E-state index in [0.29, 0.717) is 5.69 Å². The van der Waals surface area contributed by atoms with Crippen molar-refractivity contribution in [3.63, 3.8) is 0 Å². The number of H-pyrrole nitrogens is 1. The summed E-state index contributed by atoms with van der Waals surface area (Å²) >= 11 is 0. The average Bonchev–Trinajstić information content (AvgIpc) is 2.96. The van der Waals surface area contributed by atoms with Gasteiger partial charge in [0.2, 0.25) is 0 Å². The number of nitrogens with zero attached hydrogens (tertiary/aromatic N) is 2. The first kappa shape index (κ1) is 31.4. The Bertz CT molecular complexity index is 1780. The molecule has 1 aliphatic carbocycles. The van der Waals surface area contributed by atoms with E-state index in [-0.39, 0.29) is 34.2 Å². The maximum Gasteiger partial charge on any atom is 0.328 e. The minimum atomic E-state index is -4.37. The predicted octanol–water partition coefficient (Wildman–Crippen LogP) is 3.64. The van der Waals surface area contributed by atoms with Gasteiger partial charge in [0.1, 0.15) is 17.7 Å². The van der Waals surface area contributed by atoms with Gasteiger partial charge in [0, 0.05) is 18.2 Å². The monoisotopic (exact) mass is 615 g/mol. The molecule has 0 unspecified atom stereocenters. The SMILES string of the molecule is Cc1ccc(S(=O)(=O)OC[C@H](CCn2c(=O)[nH]c(C3CCCCC3)c(C#N)c2=O)OS(=O)(=O)c2ccc(C)cc2)cc1.